The van der Waals surface area contributed by atoms with E-state index in [0.29, 0.717) is 12.5 Å². The van der Waals surface area contributed by atoms with Crippen LogP contribution in [0.1, 0.15) is 34.9 Å². The number of piperidine rings is 1. The Morgan fingerprint density at radius 2 is 1.90 bits per heavy atom. The van der Waals surface area contributed by atoms with Crippen molar-refractivity contribution in [3.8, 4) is 0 Å². The molecule has 1 fully saturated rings. The normalized spacial score (nSPS) is 16.0. The molecule has 0 bridgehead atoms. The quantitative estimate of drug-likeness (QED) is 0.637. The van der Waals surface area contributed by atoms with Crippen LogP contribution in [-0.2, 0) is 6.42 Å². The number of benzene rings is 1. The molecule has 0 saturated carbocycles. The van der Waals surface area contributed by atoms with Gasteiger partial charge in [0, 0.05) is 22.2 Å². The molecule has 110 valence electrons. The van der Waals surface area contributed by atoms with Crippen molar-refractivity contribution in [2.75, 3.05) is 13.1 Å². The number of carbonyl (C=O) groups is 1. The summed E-state index contributed by atoms with van der Waals surface area (Å²) in [5.74, 6) is 0.208. The van der Waals surface area contributed by atoms with Gasteiger partial charge in [-0.1, -0.05) is 12.1 Å². The molecule has 1 saturated heterocycles. The maximum atomic E-state index is 12.6. The largest absolute Gasteiger partial charge is 0.342 e. The summed E-state index contributed by atoms with van der Waals surface area (Å²) >= 11 is 2.28. The molecule has 0 amide bonds. The number of hydrogen-bond donors (Lipinski definition) is 1. The standard InChI is InChI=1S/C17H19IN2O/c18-14-5-3-13(4-6-14)12-17(21)16-2-1-11-20(16)15-7-9-19-10-8-15/h1-6,11,15,19H,7-10,12H2. The first-order valence-electron chi connectivity index (χ1n) is 7.39. The fraction of sp³-hybridized carbons (Fsp3) is 0.353. The van der Waals surface area contributed by atoms with Gasteiger partial charge in [0.25, 0.3) is 0 Å². The maximum absolute atomic E-state index is 12.6. The third-order valence-electron chi connectivity index (χ3n) is 4.04. The van der Waals surface area contributed by atoms with Crippen LogP contribution >= 0.6 is 22.6 Å². The van der Waals surface area contributed by atoms with Gasteiger partial charge >= 0.3 is 0 Å². The van der Waals surface area contributed by atoms with Gasteiger partial charge in [-0.05, 0) is 78.4 Å². The van der Waals surface area contributed by atoms with Gasteiger partial charge in [0.15, 0.2) is 5.78 Å². The predicted molar refractivity (Wildman–Crippen MR) is 92.8 cm³/mol. The minimum atomic E-state index is 0.208. The number of hydrogen-bond acceptors (Lipinski definition) is 2. The van der Waals surface area contributed by atoms with Gasteiger partial charge in [0.2, 0.25) is 0 Å². The SMILES string of the molecule is O=C(Cc1ccc(I)cc1)c1cccn1C1CCNCC1. The van der Waals surface area contributed by atoms with Crippen molar-refractivity contribution in [2.24, 2.45) is 0 Å². The number of ketones is 1. The van der Waals surface area contributed by atoms with Crippen LogP contribution in [0.5, 0.6) is 0 Å². The van der Waals surface area contributed by atoms with E-state index in [9.17, 15) is 4.79 Å². The number of rotatable bonds is 4. The van der Waals surface area contributed by atoms with E-state index in [1.807, 2.05) is 24.3 Å². The molecule has 1 aliphatic rings. The molecule has 1 aromatic heterocycles. The van der Waals surface area contributed by atoms with Gasteiger partial charge in [-0.15, -0.1) is 0 Å². The first kappa shape index (κ1) is 14.8. The van der Waals surface area contributed by atoms with Crippen molar-refractivity contribution in [3.05, 3.63) is 57.4 Å². The molecule has 0 unspecified atom stereocenters. The van der Waals surface area contributed by atoms with Crippen molar-refractivity contribution in [3.63, 3.8) is 0 Å². The smallest absolute Gasteiger partial charge is 0.183 e. The zero-order valence-electron chi connectivity index (χ0n) is 11.9. The zero-order chi connectivity index (χ0) is 14.7. The summed E-state index contributed by atoms with van der Waals surface area (Å²) in [7, 11) is 0. The number of halogens is 1. The summed E-state index contributed by atoms with van der Waals surface area (Å²) in [5.41, 5.74) is 1.93. The summed E-state index contributed by atoms with van der Waals surface area (Å²) in [4.78, 5) is 12.6. The van der Waals surface area contributed by atoms with Crippen molar-refractivity contribution >= 4 is 28.4 Å². The van der Waals surface area contributed by atoms with Crippen LogP contribution in [0.4, 0.5) is 0 Å². The van der Waals surface area contributed by atoms with E-state index in [2.05, 4.69) is 50.8 Å². The molecule has 2 aromatic rings. The first-order valence-corrected chi connectivity index (χ1v) is 8.47. The second-order valence-electron chi connectivity index (χ2n) is 5.51. The second kappa shape index (κ2) is 6.75. The fourth-order valence-corrected chi connectivity index (χ4v) is 3.27. The van der Waals surface area contributed by atoms with Crippen molar-refractivity contribution in [2.45, 2.75) is 25.3 Å². The third-order valence-corrected chi connectivity index (χ3v) is 4.76. The van der Waals surface area contributed by atoms with Crippen LogP contribution in [0.2, 0.25) is 0 Å². The molecule has 3 nitrogen and oxygen atoms in total. The van der Waals surface area contributed by atoms with Crippen molar-refractivity contribution in [1.82, 2.24) is 9.88 Å². The van der Waals surface area contributed by atoms with Gasteiger partial charge in [0.05, 0.1) is 5.69 Å². The number of carbonyl (C=O) groups excluding carboxylic acids is 1. The lowest BCUT2D eigenvalue weighted by molar-refractivity contribution is 0.0980. The Kier molecular flexibility index (Phi) is 4.75. The molecule has 0 radical (unpaired) electrons. The molecule has 1 aliphatic heterocycles. The molecule has 2 heterocycles. The molecule has 3 rings (SSSR count). The van der Waals surface area contributed by atoms with E-state index in [1.165, 1.54) is 3.57 Å². The highest BCUT2D eigenvalue weighted by Crippen LogP contribution is 2.22. The number of nitrogens with zero attached hydrogens (tertiary/aromatic N) is 1. The minimum absolute atomic E-state index is 0.208. The van der Waals surface area contributed by atoms with Crippen molar-refractivity contribution < 1.29 is 4.79 Å². The first-order chi connectivity index (χ1) is 10.2. The highest BCUT2D eigenvalue weighted by molar-refractivity contribution is 14.1. The lowest BCUT2D eigenvalue weighted by Crippen LogP contribution is -2.30. The van der Waals surface area contributed by atoms with Gasteiger partial charge in [-0.25, -0.2) is 0 Å². The van der Waals surface area contributed by atoms with Crippen LogP contribution < -0.4 is 5.32 Å². The van der Waals surface area contributed by atoms with E-state index >= 15 is 0 Å². The van der Waals surface area contributed by atoms with Crippen LogP contribution in [0, 0.1) is 3.57 Å². The fourth-order valence-electron chi connectivity index (χ4n) is 2.91. The second-order valence-corrected chi connectivity index (χ2v) is 6.75. The summed E-state index contributed by atoms with van der Waals surface area (Å²) in [5, 5.41) is 3.37. The average molecular weight is 394 g/mol. The molecule has 1 aromatic carbocycles. The Labute approximate surface area is 138 Å². The Morgan fingerprint density at radius 3 is 2.62 bits per heavy atom. The Balaban J connectivity index is 1.75. The highest BCUT2D eigenvalue weighted by atomic mass is 127. The third kappa shape index (κ3) is 3.55. The zero-order valence-corrected chi connectivity index (χ0v) is 14.0. The predicted octanol–water partition coefficient (Wildman–Crippen LogP) is 3.44. The minimum Gasteiger partial charge on any atom is -0.342 e. The van der Waals surface area contributed by atoms with E-state index in [4.69, 9.17) is 0 Å². The van der Waals surface area contributed by atoms with Crippen molar-refractivity contribution in [1.29, 1.82) is 0 Å². The summed E-state index contributed by atoms with van der Waals surface area (Å²) in [6.07, 6.45) is 4.72. The van der Waals surface area contributed by atoms with Gasteiger partial charge < -0.3 is 9.88 Å². The number of aromatic nitrogens is 1. The molecule has 0 spiro atoms. The average Bonchev–Trinajstić information content (AvgIpc) is 3.00. The van der Waals surface area contributed by atoms with Gasteiger partial charge in [-0.2, -0.15) is 0 Å². The molecule has 0 atom stereocenters. The Bertz CT molecular complexity index is 612. The van der Waals surface area contributed by atoms with Crippen LogP contribution in [0.3, 0.4) is 0 Å². The highest BCUT2D eigenvalue weighted by Gasteiger charge is 2.19. The summed E-state index contributed by atoms with van der Waals surface area (Å²) in [6, 6.07) is 12.6. The lowest BCUT2D eigenvalue weighted by atomic mass is 10.0. The summed E-state index contributed by atoms with van der Waals surface area (Å²) < 4.78 is 3.37. The van der Waals surface area contributed by atoms with E-state index in [0.717, 1.165) is 37.2 Å². The van der Waals surface area contributed by atoms with Gasteiger partial charge in [-0.3, -0.25) is 4.79 Å². The molecule has 4 heteroatoms. The monoisotopic (exact) mass is 394 g/mol. The summed E-state index contributed by atoms with van der Waals surface area (Å²) in [6.45, 7) is 2.07. The maximum Gasteiger partial charge on any atom is 0.183 e. The molecule has 0 aliphatic carbocycles. The van der Waals surface area contributed by atoms with Crippen LogP contribution in [0.25, 0.3) is 0 Å². The molecule has 21 heavy (non-hydrogen) atoms. The number of nitrogens with one attached hydrogen (secondary N) is 1. The van der Waals surface area contributed by atoms with Crippen LogP contribution in [0.15, 0.2) is 42.6 Å². The van der Waals surface area contributed by atoms with Crippen LogP contribution in [-0.4, -0.2) is 23.4 Å². The lowest BCUT2D eigenvalue weighted by Gasteiger charge is -2.25. The Morgan fingerprint density at radius 1 is 1.19 bits per heavy atom. The Hall–Kier alpha value is -1.14. The molecular formula is C17H19IN2O. The molecule has 1 N–H and O–H groups in total. The van der Waals surface area contributed by atoms with E-state index in [1.54, 1.807) is 0 Å². The molecular weight excluding hydrogens is 375 g/mol. The number of Topliss-reactive ketones (excluding diaryl/α,β-unsaturated/α-hetero) is 1. The van der Waals surface area contributed by atoms with E-state index in [-0.39, 0.29) is 5.78 Å². The van der Waals surface area contributed by atoms with Gasteiger partial charge in [0.1, 0.15) is 0 Å². The topological polar surface area (TPSA) is 34.0 Å². The van der Waals surface area contributed by atoms with E-state index < -0.39 is 0 Å².